The van der Waals surface area contributed by atoms with E-state index >= 15 is 0 Å². The summed E-state index contributed by atoms with van der Waals surface area (Å²) in [6.45, 7) is 6.41. The fraction of sp³-hybridized carbons (Fsp3) is 0.238. The lowest BCUT2D eigenvalue weighted by Gasteiger charge is -2.10. The molecule has 4 rings (SSSR count). The van der Waals surface area contributed by atoms with Crippen molar-refractivity contribution in [2.24, 2.45) is 0 Å². The fourth-order valence-corrected chi connectivity index (χ4v) is 3.75. The summed E-state index contributed by atoms with van der Waals surface area (Å²) in [6, 6.07) is 4.07. The van der Waals surface area contributed by atoms with Crippen molar-refractivity contribution in [1.29, 1.82) is 0 Å². The number of fused-ring (bicyclic) bond motifs is 1. The summed E-state index contributed by atoms with van der Waals surface area (Å²) >= 11 is 0. The molecule has 1 aromatic carbocycles. The molecule has 172 valence electrons. The van der Waals surface area contributed by atoms with Gasteiger partial charge in [-0.25, -0.2) is 27.8 Å². The molecule has 4 aromatic rings. The average molecular weight is 473 g/mol. The molecule has 33 heavy (non-hydrogen) atoms. The fourth-order valence-electron chi connectivity index (χ4n) is 3.08. The average Bonchev–Trinajstić information content (AvgIpc) is 3.30. The molecule has 0 fully saturated rings. The first-order chi connectivity index (χ1) is 15.5. The maximum Gasteiger partial charge on any atom is 0.293 e. The summed E-state index contributed by atoms with van der Waals surface area (Å²) in [4.78, 5) is 25.0. The van der Waals surface area contributed by atoms with Gasteiger partial charge < -0.3 is 9.73 Å². The molecular weight excluding hydrogens is 451 g/mol. The standard InChI is InChI=1S/C21H21FN6O4S/c1-11(2)33(30,31)27-15-8-23-21-26-18(10-28(21)9-15)16-7-14(5-6-17(16)22)25-20(29)19-12(3)24-13(4)32-19/h5-11,27H,1-4H3,(H,25,29). The Hall–Kier alpha value is -3.80. The Balaban J connectivity index is 1.64. The van der Waals surface area contributed by atoms with E-state index in [2.05, 4.69) is 25.0 Å². The van der Waals surface area contributed by atoms with Crippen LogP contribution >= 0.6 is 0 Å². The minimum absolute atomic E-state index is 0.0756. The Kier molecular flexibility index (Phi) is 5.62. The number of aryl methyl sites for hydroxylation is 2. The molecule has 3 heterocycles. The third-order valence-corrected chi connectivity index (χ3v) is 6.56. The van der Waals surface area contributed by atoms with E-state index in [1.54, 1.807) is 27.7 Å². The van der Waals surface area contributed by atoms with Crippen LogP contribution in [0.3, 0.4) is 0 Å². The van der Waals surface area contributed by atoms with Crippen molar-refractivity contribution < 1.29 is 22.0 Å². The van der Waals surface area contributed by atoms with Crippen LogP contribution < -0.4 is 10.0 Å². The van der Waals surface area contributed by atoms with Gasteiger partial charge in [0.05, 0.1) is 28.5 Å². The molecule has 2 N–H and O–H groups in total. The van der Waals surface area contributed by atoms with Crippen LogP contribution in [-0.2, 0) is 10.0 Å². The Morgan fingerprint density at radius 1 is 1.15 bits per heavy atom. The predicted octanol–water partition coefficient (Wildman–Crippen LogP) is 3.54. The molecule has 0 aliphatic heterocycles. The van der Waals surface area contributed by atoms with E-state index < -0.39 is 27.0 Å². The van der Waals surface area contributed by atoms with Crippen molar-refractivity contribution in [3.63, 3.8) is 0 Å². The van der Waals surface area contributed by atoms with Gasteiger partial charge in [0.2, 0.25) is 21.6 Å². The van der Waals surface area contributed by atoms with Crippen LogP contribution in [0, 0.1) is 19.7 Å². The highest BCUT2D eigenvalue weighted by atomic mass is 32.2. The number of hydrogen-bond donors (Lipinski definition) is 2. The maximum absolute atomic E-state index is 14.6. The van der Waals surface area contributed by atoms with Crippen LogP contribution in [0.1, 0.15) is 36.0 Å². The molecule has 0 radical (unpaired) electrons. The lowest BCUT2D eigenvalue weighted by molar-refractivity contribution is 0.0994. The van der Waals surface area contributed by atoms with Crippen molar-refractivity contribution in [2.75, 3.05) is 10.0 Å². The summed E-state index contributed by atoms with van der Waals surface area (Å²) < 4.78 is 48.0. The number of nitrogens with zero attached hydrogens (tertiary/aromatic N) is 4. The van der Waals surface area contributed by atoms with Crippen LogP contribution in [0.4, 0.5) is 15.8 Å². The third-order valence-electron chi connectivity index (χ3n) is 4.80. The van der Waals surface area contributed by atoms with Crippen LogP contribution in [0.2, 0.25) is 0 Å². The van der Waals surface area contributed by atoms with Crippen LogP contribution in [0.25, 0.3) is 17.0 Å². The highest BCUT2D eigenvalue weighted by Crippen LogP contribution is 2.26. The number of benzene rings is 1. The monoisotopic (exact) mass is 472 g/mol. The lowest BCUT2D eigenvalue weighted by atomic mass is 10.1. The Labute approximate surface area is 188 Å². The van der Waals surface area contributed by atoms with Gasteiger partial charge in [0.25, 0.3) is 5.91 Å². The smallest absolute Gasteiger partial charge is 0.293 e. The van der Waals surface area contributed by atoms with Gasteiger partial charge in [-0.2, -0.15) is 0 Å². The first-order valence-electron chi connectivity index (χ1n) is 9.95. The molecular formula is C21H21FN6O4S. The molecule has 0 saturated heterocycles. The van der Waals surface area contributed by atoms with Crippen LogP contribution in [-0.4, -0.2) is 38.9 Å². The first-order valence-corrected chi connectivity index (χ1v) is 11.5. The van der Waals surface area contributed by atoms with E-state index in [-0.39, 0.29) is 28.5 Å². The van der Waals surface area contributed by atoms with Crippen molar-refractivity contribution in [2.45, 2.75) is 32.9 Å². The van der Waals surface area contributed by atoms with E-state index in [0.717, 1.165) is 0 Å². The van der Waals surface area contributed by atoms with Gasteiger partial charge in [0.1, 0.15) is 5.82 Å². The highest BCUT2D eigenvalue weighted by Gasteiger charge is 2.19. The minimum atomic E-state index is -3.55. The van der Waals surface area contributed by atoms with Gasteiger partial charge in [-0.1, -0.05) is 0 Å². The Morgan fingerprint density at radius 2 is 1.91 bits per heavy atom. The number of halogens is 1. The largest absolute Gasteiger partial charge is 0.436 e. The summed E-state index contributed by atoms with van der Waals surface area (Å²) in [7, 11) is -3.55. The number of sulfonamides is 1. The topological polar surface area (TPSA) is 131 Å². The zero-order chi connectivity index (χ0) is 23.9. The number of anilines is 2. The van der Waals surface area contributed by atoms with Gasteiger partial charge in [-0.15, -0.1) is 0 Å². The Morgan fingerprint density at radius 3 is 2.58 bits per heavy atom. The molecule has 0 atom stereocenters. The molecule has 3 aromatic heterocycles. The zero-order valence-electron chi connectivity index (χ0n) is 18.2. The SMILES string of the molecule is Cc1nc(C)c(C(=O)Nc2ccc(F)c(-c3cn4cc(NS(=O)(=O)C(C)C)cnc4n3)c2)o1. The summed E-state index contributed by atoms with van der Waals surface area (Å²) in [5.74, 6) is -0.372. The number of amides is 1. The molecule has 0 spiro atoms. The van der Waals surface area contributed by atoms with Gasteiger partial charge in [0.15, 0.2) is 5.89 Å². The quantitative estimate of drug-likeness (QED) is 0.439. The molecule has 1 amide bonds. The second-order valence-corrected chi connectivity index (χ2v) is 9.90. The van der Waals surface area contributed by atoms with Crippen molar-refractivity contribution in [1.82, 2.24) is 19.4 Å². The number of imidazole rings is 1. The summed E-state index contributed by atoms with van der Waals surface area (Å²) in [6.07, 6.45) is 4.35. The molecule has 0 saturated carbocycles. The molecule has 0 unspecified atom stereocenters. The molecule has 12 heteroatoms. The lowest BCUT2D eigenvalue weighted by Crippen LogP contribution is -2.22. The maximum atomic E-state index is 14.6. The van der Waals surface area contributed by atoms with Gasteiger partial charge in [0, 0.05) is 30.6 Å². The Bertz CT molecular complexity index is 1480. The van der Waals surface area contributed by atoms with E-state index in [1.807, 2.05) is 0 Å². The van der Waals surface area contributed by atoms with Gasteiger partial charge in [-0.05, 0) is 39.0 Å². The molecule has 0 aliphatic carbocycles. The van der Waals surface area contributed by atoms with Crippen LogP contribution in [0.15, 0.2) is 41.2 Å². The van der Waals surface area contributed by atoms with Crippen LogP contribution in [0.5, 0.6) is 0 Å². The number of hydrogen-bond acceptors (Lipinski definition) is 7. The molecule has 0 bridgehead atoms. The second-order valence-electron chi connectivity index (χ2n) is 7.67. The number of carbonyl (C=O) groups is 1. The van der Waals surface area contributed by atoms with Gasteiger partial charge >= 0.3 is 0 Å². The number of rotatable bonds is 6. The van der Waals surface area contributed by atoms with Crippen molar-refractivity contribution in [3.05, 3.63) is 60.0 Å². The number of oxazole rings is 1. The molecule has 10 nitrogen and oxygen atoms in total. The summed E-state index contributed by atoms with van der Waals surface area (Å²) in [5.41, 5.74) is 1.42. The van der Waals surface area contributed by atoms with E-state index in [0.29, 0.717) is 17.3 Å². The van der Waals surface area contributed by atoms with Crippen molar-refractivity contribution >= 4 is 33.1 Å². The van der Waals surface area contributed by atoms with E-state index in [9.17, 15) is 17.6 Å². The van der Waals surface area contributed by atoms with E-state index in [1.165, 1.54) is 41.2 Å². The van der Waals surface area contributed by atoms with Crippen molar-refractivity contribution in [3.8, 4) is 11.3 Å². The highest BCUT2D eigenvalue weighted by molar-refractivity contribution is 7.93. The van der Waals surface area contributed by atoms with E-state index in [4.69, 9.17) is 4.42 Å². The molecule has 0 aliphatic rings. The van der Waals surface area contributed by atoms with Gasteiger partial charge in [-0.3, -0.25) is 13.9 Å². The number of aromatic nitrogens is 4. The predicted molar refractivity (Wildman–Crippen MR) is 120 cm³/mol. The summed E-state index contributed by atoms with van der Waals surface area (Å²) in [5, 5.41) is 2.04. The first kappa shape index (κ1) is 22.4. The number of carbonyl (C=O) groups excluding carboxylic acids is 1. The zero-order valence-corrected chi connectivity index (χ0v) is 19.1. The minimum Gasteiger partial charge on any atom is -0.436 e. The number of nitrogens with one attached hydrogen (secondary N) is 2. The normalized spacial score (nSPS) is 11.8. The third kappa shape index (κ3) is 4.55. The second kappa shape index (κ2) is 8.28.